The summed E-state index contributed by atoms with van der Waals surface area (Å²) in [5, 5.41) is 11.4. The van der Waals surface area contributed by atoms with E-state index in [-0.39, 0.29) is 0 Å². The normalized spacial score (nSPS) is 11.1. The van der Waals surface area contributed by atoms with Crippen LogP contribution in [-0.4, -0.2) is 14.8 Å². The lowest BCUT2D eigenvalue weighted by molar-refractivity contribution is 0.805. The summed E-state index contributed by atoms with van der Waals surface area (Å²) < 4.78 is 2.26. The van der Waals surface area contributed by atoms with Crippen molar-refractivity contribution >= 4 is 34.3 Å². The van der Waals surface area contributed by atoms with E-state index in [1.54, 1.807) is 11.8 Å². The number of rotatable bonds is 5. The fourth-order valence-corrected chi connectivity index (χ4v) is 3.73. The molecule has 0 saturated heterocycles. The Bertz CT molecular complexity index is 853. The number of nitrogens with zero attached hydrogens (tertiary/aromatic N) is 3. The van der Waals surface area contributed by atoms with Gasteiger partial charge in [-0.2, -0.15) is 5.10 Å². The molecule has 2 aromatic heterocycles. The zero-order chi connectivity index (χ0) is 16.4. The summed E-state index contributed by atoms with van der Waals surface area (Å²) in [6, 6.07) is 7.92. The van der Waals surface area contributed by atoms with E-state index in [1.807, 2.05) is 36.5 Å². The Morgan fingerprint density at radius 3 is 2.70 bits per heavy atom. The summed E-state index contributed by atoms with van der Waals surface area (Å²) in [6.07, 6.45) is 3.77. The molecule has 3 nitrogen and oxygen atoms in total. The molecule has 0 aliphatic rings. The molecule has 2 heterocycles. The third kappa shape index (κ3) is 3.14. The second-order valence-corrected chi connectivity index (χ2v) is 6.84. The second-order valence-electron chi connectivity index (χ2n) is 5.44. The maximum absolute atomic E-state index is 5.94. The Morgan fingerprint density at radius 1 is 1.26 bits per heavy atom. The van der Waals surface area contributed by atoms with Crippen molar-refractivity contribution in [1.82, 2.24) is 14.8 Å². The van der Waals surface area contributed by atoms with Crippen molar-refractivity contribution in [2.24, 2.45) is 0 Å². The van der Waals surface area contributed by atoms with Crippen LogP contribution in [-0.2, 0) is 12.3 Å². The Hall–Kier alpha value is -1.78. The highest BCUT2D eigenvalue weighted by molar-refractivity contribution is 7.98. The maximum atomic E-state index is 5.94. The molecule has 0 atom stereocenters. The van der Waals surface area contributed by atoms with Crippen molar-refractivity contribution in [2.75, 3.05) is 0 Å². The molecule has 23 heavy (non-hydrogen) atoms. The van der Waals surface area contributed by atoms with E-state index >= 15 is 0 Å². The largest absolute Gasteiger partial charge is 0.339 e. The zero-order valence-corrected chi connectivity index (χ0v) is 14.8. The molecule has 0 spiro atoms. The summed E-state index contributed by atoms with van der Waals surface area (Å²) >= 11 is 7.64. The smallest absolute Gasteiger partial charge is 0.143 e. The van der Waals surface area contributed by atoms with Crippen LogP contribution in [0.2, 0.25) is 5.02 Å². The van der Waals surface area contributed by atoms with Gasteiger partial charge in [-0.25, -0.2) is 0 Å². The fraction of sp³-hybridized carbons (Fsp3) is 0.222. The van der Waals surface area contributed by atoms with Crippen molar-refractivity contribution in [1.29, 1.82) is 0 Å². The van der Waals surface area contributed by atoms with E-state index in [0.29, 0.717) is 0 Å². The van der Waals surface area contributed by atoms with Gasteiger partial charge in [0.05, 0.1) is 11.7 Å². The SMILES string of the molecule is C=CCn1c(C)c(C)c2cnnc(SCc3ccc(Cl)cc3)c21. The lowest BCUT2D eigenvalue weighted by Crippen LogP contribution is -2.00. The minimum absolute atomic E-state index is 0.756. The van der Waals surface area contributed by atoms with E-state index in [9.17, 15) is 0 Å². The minimum Gasteiger partial charge on any atom is -0.339 e. The monoisotopic (exact) mass is 343 g/mol. The Kier molecular flexibility index (Phi) is 4.74. The van der Waals surface area contributed by atoms with Gasteiger partial charge < -0.3 is 4.57 Å². The molecule has 0 amide bonds. The number of hydrogen-bond donors (Lipinski definition) is 0. The molecule has 0 N–H and O–H groups in total. The van der Waals surface area contributed by atoms with E-state index < -0.39 is 0 Å². The number of aromatic nitrogens is 3. The van der Waals surface area contributed by atoms with Crippen molar-refractivity contribution < 1.29 is 0 Å². The van der Waals surface area contributed by atoms with Crippen LogP contribution >= 0.6 is 23.4 Å². The number of thioether (sulfide) groups is 1. The average molecular weight is 344 g/mol. The van der Waals surface area contributed by atoms with E-state index in [2.05, 4.69) is 35.2 Å². The van der Waals surface area contributed by atoms with Crippen LogP contribution in [0.4, 0.5) is 0 Å². The average Bonchev–Trinajstić information content (AvgIpc) is 2.80. The van der Waals surface area contributed by atoms with Gasteiger partial charge in [0.1, 0.15) is 5.03 Å². The van der Waals surface area contributed by atoms with Gasteiger partial charge >= 0.3 is 0 Å². The molecular formula is C18H18ClN3S. The molecule has 118 valence electrons. The number of allylic oxidation sites excluding steroid dienone is 1. The zero-order valence-electron chi connectivity index (χ0n) is 13.2. The van der Waals surface area contributed by atoms with Crippen molar-refractivity contribution in [3.63, 3.8) is 0 Å². The molecule has 0 fully saturated rings. The Labute approximate surface area is 145 Å². The predicted octanol–water partition coefficient (Wildman–Crippen LogP) is 5.18. The van der Waals surface area contributed by atoms with Crippen molar-refractivity contribution in [2.45, 2.75) is 31.2 Å². The molecular weight excluding hydrogens is 326 g/mol. The summed E-state index contributed by atoms with van der Waals surface area (Å²) in [7, 11) is 0. The van der Waals surface area contributed by atoms with Gasteiger partial charge in [0, 0.05) is 28.4 Å². The van der Waals surface area contributed by atoms with Crippen molar-refractivity contribution in [3.05, 3.63) is 65.0 Å². The Balaban J connectivity index is 1.98. The minimum atomic E-state index is 0.756. The van der Waals surface area contributed by atoms with Gasteiger partial charge in [0.25, 0.3) is 0 Å². The van der Waals surface area contributed by atoms with Gasteiger partial charge in [-0.3, -0.25) is 0 Å². The Morgan fingerprint density at radius 2 is 2.00 bits per heavy atom. The second kappa shape index (κ2) is 6.77. The topological polar surface area (TPSA) is 30.7 Å². The fourth-order valence-electron chi connectivity index (χ4n) is 2.65. The number of benzene rings is 1. The van der Waals surface area contributed by atoms with Gasteiger partial charge in [0.15, 0.2) is 0 Å². The molecule has 1 aromatic carbocycles. The van der Waals surface area contributed by atoms with Crippen LogP contribution in [0, 0.1) is 13.8 Å². The molecule has 0 unspecified atom stereocenters. The van der Waals surface area contributed by atoms with Crippen LogP contribution < -0.4 is 0 Å². The van der Waals surface area contributed by atoms with Crippen molar-refractivity contribution in [3.8, 4) is 0 Å². The first-order chi connectivity index (χ1) is 11.1. The number of halogens is 1. The molecule has 0 radical (unpaired) electrons. The number of hydrogen-bond acceptors (Lipinski definition) is 3. The quantitative estimate of drug-likeness (QED) is 0.472. The van der Waals surface area contributed by atoms with Crippen LogP contribution in [0.5, 0.6) is 0 Å². The molecule has 0 aliphatic carbocycles. The maximum Gasteiger partial charge on any atom is 0.143 e. The predicted molar refractivity (Wildman–Crippen MR) is 98.2 cm³/mol. The number of fused-ring (bicyclic) bond motifs is 1. The van der Waals surface area contributed by atoms with Crippen LogP contribution in [0.25, 0.3) is 10.9 Å². The van der Waals surface area contributed by atoms with Gasteiger partial charge in [-0.1, -0.05) is 41.6 Å². The molecule has 5 heteroatoms. The van der Waals surface area contributed by atoms with Gasteiger partial charge in [-0.15, -0.1) is 11.7 Å². The molecule has 3 aromatic rings. The lowest BCUT2D eigenvalue weighted by atomic mass is 10.2. The van der Waals surface area contributed by atoms with Crippen LogP contribution in [0.3, 0.4) is 0 Å². The summed E-state index contributed by atoms with van der Waals surface area (Å²) in [5.41, 5.74) is 4.86. The summed E-state index contributed by atoms with van der Waals surface area (Å²) in [5.74, 6) is 0.836. The highest BCUT2D eigenvalue weighted by atomic mass is 35.5. The van der Waals surface area contributed by atoms with Gasteiger partial charge in [0.2, 0.25) is 0 Å². The summed E-state index contributed by atoms with van der Waals surface area (Å²) in [6.45, 7) is 8.91. The standard InChI is InChI=1S/C18H18ClN3S/c1-4-9-22-13(3)12(2)16-10-20-21-18(17(16)22)23-11-14-5-7-15(19)8-6-14/h4-8,10H,1,9,11H2,2-3H3. The third-order valence-electron chi connectivity index (χ3n) is 4.02. The van der Waals surface area contributed by atoms with E-state index in [1.165, 1.54) is 16.8 Å². The molecule has 0 aliphatic heterocycles. The highest BCUT2D eigenvalue weighted by Crippen LogP contribution is 2.32. The number of aryl methyl sites for hydroxylation is 1. The van der Waals surface area contributed by atoms with Crippen LogP contribution in [0.1, 0.15) is 16.8 Å². The highest BCUT2D eigenvalue weighted by Gasteiger charge is 2.15. The lowest BCUT2D eigenvalue weighted by Gasteiger charge is -2.08. The first kappa shape index (κ1) is 16.1. The first-order valence-electron chi connectivity index (χ1n) is 7.41. The van der Waals surface area contributed by atoms with Crippen LogP contribution in [0.15, 0.2) is 48.1 Å². The molecule has 0 saturated carbocycles. The molecule has 0 bridgehead atoms. The van der Waals surface area contributed by atoms with E-state index in [4.69, 9.17) is 11.6 Å². The van der Waals surface area contributed by atoms with Gasteiger partial charge in [-0.05, 0) is 37.1 Å². The van der Waals surface area contributed by atoms with E-state index in [0.717, 1.165) is 33.2 Å². The molecule has 3 rings (SSSR count). The summed E-state index contributed by atoms with van der Waals surface area (Å²) in [4.78, 5) is 0. The first-order valence-corrected chi connectivity index (χ1v) is 8.77. The third-order valence-corrected chi connectivity index (χ3v) is 5.29.